The Morgan fingerprint density at radius 1 is 0.415 bits per heavy atom. The van der Waals surface area contributed by atoms with Crippen molar-refractivity contribution in [1.82, 2.24) is 0 Å². The van der Waals surface area contributed by atoms with E-state index in [1.807, 2.05) is 97.1 Å². The third kappa shape index (κ3) is 7.19. The molecule has 6 aromatic carbocycles. The van der Waals surface area contributed by atoms with E-state index >= 15 is 0 Å². The van der Waals surface area contributed by atoms with Gasteiger partial charge in [-0.1, -0.05) is 48.5 Å². The van der Waals surface area contributed by atoms with Gasteiger partial charge < -0.3 is 14.2 Å². The predicted molar refractivity (Wildman–Crippen MR) is 196 cm³/mol. The molecule has 0 aromatic heterocycles. The molecular weight excluding hydrogens is 661 g/mol. The molecular formula is C44H24N6O3. The maximum atomic E-state index is 9.44. The average Bonchev–Trinajstić information content (AvgIpc) is 3.21. The highest BCUT2D eigenvalue weighted by atomic mass is 16.5. The van der Waals surface area contributed by atoms with Gasteiger partial charge in [-0.05, 0) is 102 Å². The van der Waals surface area contributed by atoms with Gasteiger partial charge in [0.25, 0.3) is 0 Å². The fourth-order valence-corrected chi connectivity index (χ4v) is 5.78. The van der Waals surface area contributed by atoms with Crippen LogP contribution < -0.4 is 14.2 Å². The van der Waals surface area contributed by atoms with Gasteiger partial charge in [-0.3, -0.25) is 0 Å². The molecule has 1 atom stereocenters. The smallest absolute Gasteiger partial charge is 0.208 e. The minimum absolute atomic E-state index is 0.213. The average molecular weight is 685 g/mol. The molecule has 0 spiro atoms. The van der Waals surface area contributed by atoms with E-state index in [0.717, 1.165) is 16.7 Å². The highest BCUT2D eigenvalue weighted by Gasteiger charge is 2.31. The number of nitriles is 4. The lowest BCUT2D eigenvalue weighted by atomic mass is 9.71. The van der Waals surface area contributed by atoms with E-state index < -0.39 is 5.41 Å². The summed E-state index contributed by atoms with van der Waals surface area (Å²) in [7, 11) is 0. The van der Waals surface area contributed by atoms with Gasteiger partial charge in [0.05, 0.1) is 47.5 Å². The van der Waals surface area contributed by atoms with Crippen molar-refractivity contribution in [1.29, 1.82) is 21.0 Å². The summed E-state index contributed by atoms with van der Waals surface area (Å²) in [5, 5.41) is 37.4. The zero-order valence-corrected chi connectivity index (χ0v) is 28.0. The fraction of sp³-hybridized carbons (Fsp3) is 0.0455. The summed E-state index contributed by atoms with van der Waals surface area (Å²) in [6, 6.07) is 45.1. The van der Waals surface area contributed by atoms with Crippen LogP contribution in [0, 0.1) is 58.5 Å². The van der Waals surface area contributed by atoms with E-state index in [1.54, 1.807) is 36.4 Å². The second-order valence-corrected chi connectivity index (χ2v) is 11.7. The van der Waals surface area contributed by atoms with Crippen LogP contribution in [-0.4, -0.2) is 0 Å². The van der Waals surface area contributed by atoms with Gasteiger partial charge in [-0.2, -0.15) is 21.0 Å². The van der Waals surface area contributed by atoms with Crippen LogP contribution in [0.25, 0.3) is 9.69 Å². The van der Waals surface area contributed by atoms with E-state index in [4.69, 9.17) is 27.4 Å². The van der Waals surface area contributed by atoms with Gasteiger partial charge in [-0.25, -0.2) is 9.69 Å². The molecule has 0 N–H and O–H groups in total. The number of ether oxygens (including phenoxy) is 3. The Morgan fingerprint density at radius 2 is 0.774 bits per heavy atom. The molecule has 0 fully saturated rings. The first-order valence-electron chi connectivity index (χ1n) is 15.9. The van der Waals surface area contributed by atoms with Crippen molar-refractivity contribution in [3.8, 4) is 58.8 Å². The first-order valence-corrected chi connectivity index (χ1v) is 15.9. The van der Waals surface area contributed by atoms with Crippen molar-refractivity contribution in [3.05, 3.63) is 189 Å². The molecule has 6 rings (SSSR count). The molecule has 0 aliphatic heterocycles. The molecule has 0 aliphatic carbocycles. The quantitative estimate of drug-likeness (QED) is 0.109. The van der Waals surface area contributed by atoms with Crippen molar-refractivity contribution in [3.63, 3.8) is 0 Å². The lowest BCUT2D eigenvalue weighted by molar-refractivity contribution is 0.481. The number of rotatable bonds is 9. The first kappa shape index (κ1) is 34.5. The van der Waals surface area contributed by atoms with Crippen LogP contribution >= 0.6 is 0 Å². The summed E-state index contributed by atoms with van der Waals surface area (Å²) in [6.07, 6.45) is 0. The normalized spacial score (nSPS) is 11.2. The monoisotopic (exact) mass is 684 g/mol. The van der Waals surface area contributed by atoms with Gasteiger partial charge in [0.2, 0.25) is 11.4 Å². The van der Waals surface area contributed by atoms with Gasteiger partial charge >= 0.3 is 0 Å². The minimum Gasteiger partial charge on any atom is -0.459 e. The summed E-state index contributed by atoms with van der Waals surface area (Å²) < 4.78 is 18.1. The second kappa shape index (κ2) is 15.0. The van der Waals surface area contributed by atoms with Crippen LogP contribution in [0.2, 0.25) is 0 Å². The first-order chi connectivity index (χ1) is 25.8. The largest absolute Gasteiger partial charge is 0.459 e. The number of nitrogens with zero attached hydrogens (tertiary/aromatic N) is 6. The lowest BCUT2D eigenvalue weighted by Crippen LogP contribution is -2.25. The molecule has 0 heterocycles. The van der Waals surface area contributed by atoms with E-state index in [2.05, 4.69) is 16.6 Å². The van der Waals surface area contributed by atoms with Crippen molar-refractivity contribution in [2.24, 2.45) is 0 Å². The van der Waals surface area contributed by atoms with Crippen LogP contribution in [0.3, 0.4) is 0 Å². The molecule has 0 saturated carbocycles. The molecule has 0 bridgehead atoms. The van der Waals surface area contributed by atoms with Gasteiger partial charge in [-0.15, -0.1) is 0 Å². The molecule has 6 aromatic rings. The minimum atomic E-state index is -0.699. The molecule has 248 valence electrons. The van der Waals surface area contributed by atoms with Crippen LogP contribution in [0.5, 0.6) is 34.5 Å². The van der Waals surface area contributed by atoms with E-state index in [0.29, 0.717) is 34.5 Å². The Morgan fingerprint density at radius 3 is 1.19 bits per heavy atom. The van der Waals surface area contributed by atoms with E-state index in [1.165, 1.54) is 18.2 Å². The second-order valence-electron chi connectivity index (χ2n) is 11.7. The SMILES string of the molecule is [C-]#[N+]c1ccc(Oc2ccc(C(C)(c3ccc(Oc4ccc(C#N)c(C#N)c4)cc3)c3ccc(Oc4ccc(C#N)c([N+]#[C-])c4)cc3)cc2)cc1C#N. The Hall–Kier alpha value is -8.34. The van der Waals surface area contributed by atoms with Crippen LogP contribution in [0.4, 0.5) is 11.4 Å². The Balaban J connectivity index is 1.33. The summed E-state index contributed by atoms with van der Waals surface area (Å²) >= 11 is 0. The van der Waals surface area contributed by atoms with Crippen molar-refractivity contribution in [2.45, 2.75) is 12.3 Å². The van der Waals surface area contributed by atoms with Crippen molar-refractivity contribution < 1.29 is 14.2 Å². The van der Waals surface area contributed by atoms with Gasteiger partial charge in [0.1, 0.15) is 46.6 Å². The highest BCUT2D eigenvalue weighted by Crippen LogP contribution is 2.42. The lowest BCUT2D eigenvalue weighted by Gasteiger charge is -2.32. The summed E-state index contributed by atoms with van der Waals surface area (Å²) in [6.45, 7) is 16.7. The number of benzene rings is 6. The summed E-state index contributed by atoms with van der Waals surface area (Å²) in [5.41, 5.74) is 3.59. The topological polar surface area (TPSA) is 132 Å². The molecule has 0 amide bonds. The third-order valence-corrected chi connectivity index (χ3v) is 8.65. The van der Waals surface area contributed by atoms with Crippen LogP contribution in [-0.2, 0) is 5.41 Å². The molecule has 1 unspecified atom stereocenters. The van der Waals surface area contributed by atoms with Crippen LogP contribution in [0.1, 0.15) is 45.9 Å². The van der Waals surface area contributed by atoms with Crippen molar-refractivity contribution in [2.75, 3.05) is 0 Å². The Bertz CT molecular complexity index is 2320. The molecule has 9 heteroatoms. The molecule has 53 heavy (non-hydrogen) atoms. The molecule has 9 nitrogen and oxygen atoms in total. The Kier molecular flexibility index (Phi) is 9.80. The predicted octanol–water partition coefficient (Wildman–Crippen LogP) is 11.0. The van der Waals surface area contributed by atoms with Crippen LogP contribution in [0.15, 0.2) is 127 Å². The summed E-state index contributed by atoms with van der Waals surface area (Å²) in [5.74, 6) is 2.93. The fourth-order valence-electron chi connectivity index (χ4n) is 5.78. The standard InChI is InChI=1S/C44H24N6O3/c1-44(33-6-14-36(15-7-33)51-39-12-4-29(25-45)31(22-39)27-47,34-8-16-37(17-9-34)52-40-20-21-42(49-2)32(23-40)28-48)35-10-18-38(19-11-35)53-41-13-5-30(26-46)43(24-41)50-3/h4-24H,1H3. The maximum absolute atomic E-state index is 9.44. The highest BCUT2D eigenvalue weighted by molar-refractivity contribution is 5.62. The number of hydrogen-bond donors (Lipinski definition) is 0. The van der Waals surface area contributed by atoms with E-state index in [9.17, 15) is 21.0 Å². The maximum Gasteiger partial charge on any atom is 0.208 e. The molecule has 0 radical (unpaired) electrons. The van der Waals surface area contributed by atoms with Gasteiger partial charge in [0, 0.05) is 5.41 Å². The molecule has 0 saturated heterocycles. The molecule has 0 aliphatic rings. The van der Waals surface area contributed by atoms with Crippen molar-refractivity contribution >= 4 is 11.4 Å². The Labute approximate surface area is 306 Å². The van der Waals surface area contributed by atoms with Gasteiger partial charge in [0.15, 0.2) is 0 Å². The third-order valence-electron chi connectivity index (χ3n) is 8.65. The number of hydrogen-bond acceptors (Lipinski definition) is 7. The summed E-state index contributed by atoms with van der Waals surface area (Å²) in [4.78, 5) is 6.81. The van der Waals surface area contributed by atoms with E-state index in [-0.39, 0.29) is 33.6 Å². The zero-order valence-electron chi connectivity index (χ0n) is 28.0. The zero-order chi connectivity index (χ0) is 37.4.